The molecule has 0 saturated heterocycles. The Morgan fingerprint density at radius 2 is 1.45 bits per heavy atom. The van der Waals surface area contributed by atoms with Crippen molar-refractivity contribution in [2.24, 2.45) is 5.41 Å². The second-order valence-electron chi connectivity index (χ2n) is 7.40. The Bertz CT molecular complexity index is 701. The number of phenols is 1. The molecule has 1 N–H and O–H groups in total. The van der Waals surface area contributed by atoms with Crippen LogP contribution in [0.4, 0.5) is 0 Å². The number of aromatic hydroxyl groups is 1. The minimum Gasteiger partial charge on any atom is -0.508 e. The molecule has 2 aromatic rings. The zero-order chi connectivity index (χ0) is 16.2. The van der Waals surface area contributed by atoms with Gasteiger partial charge in [-0.25, -0.2) is 0 Å². The van der Waals surface area contributed by atoms with Gasteiger partial charge in [0.25, 0.3) is 0 Å². The lowest BCUT2D eigenvalue weighted by Gasteiger charge is -2.57. The molecule has 1 heterocycles. The van der Waals surface area contributed by atoms with E-state index in [1.807, 2.05) is 30.3 Å². The van der Waals surface area contributed by atoms with Crippen molar-refractivity contribution in [1.82, 2.24) is 0 Å². The van der Waals surface area contributed by atoms with E-state index >= 15 is 0 Å². The van der Waals surface area contributed by atoms with Gasteiger partial charge in [-0.15, -0.1) is 0 Å². The maximum Gasteiger partial charge on any atom is 0.137 e. The van der Waals surface area contributed by atoms with Crippen LogP contribution >= 0.6 is 0 Å². The normalized spacial score (nSPS) is 25.1. The van der Waals surface area contributed by atoms with Crippen molar-refractivity contribution in [1.29, 1.82) is 0 Å². The van der Waals surface area contributed by atoms with Crippen molar-refractivity contribution in [3.05, 3.63) is 59.7 Å². The summed E-state index contributed by atoms with van der Waals surface area (Å²) in [6.45, 7) is 11.0. The molecule has 3 rings (SSSR count). The maximum atomic E-state index is 10.4. The summed E-state index contributed by atoms with van der Waals surface area (Å²) in [5.74, 6) is 1.08. The van der Waals surface area contributed by atoms with E-state index in [4.69, 9.17) is 4.74 Å². The van der Waals surface area contributed by atoms with Crippen LogP contribution in [0, 0.1) is 5.41 Å². The molecule has 0 aliphatic carbocycles. The van der Waals surface area contributed by atoms with Crippen molar-refractivity contribution in [2.45, 2.75) is 45.6 Å². The summed E-state index contributed by atoms with van der Waals surface area (Å²) >= 11 is 0. The third kappa shape index (κ3) is 1.73. The standard InChI is InChI=1S/C20H24O2/c1-18(2)17-15(21)12-9-13-16(17)22-20(5,19(18,3)4)14-10-7-6-8-11-14/h6-13,21H,1-5H3. The van der Waals surface area contributed by atoms with Crippen LogP contribution in [-0.2, 0) is 11.0 Å². The van der Waals surface area contributed by atoms with Crippen molar-refractivity contribution in [3.8, 4) is 11.5 Å². The zero-order valence-corrected chi connectivity index (χ0v) is 14.0. The molecule has 0 spiro atoms. The van der Waals surface area contributed by atoms with E-state index < -0.39 is 5.60 Å². The van der Waals surface area contributed by atoms with Gasteiger partial charge in [0.1, 0.15) is 17.1 Å². The summed E-state index contributed by atoms with van der Waals surface area (Å²) in [7, 11) is 0. The van der Waals surface area contributed by atoms with Gasteiger partial charge in [0.15, 0.2) is 0 Å². The van der Waals surface area contributed by atoms with Crippen LogP contribution < -0.4 is 4.74 Å². The predicted molar refractivity (Wildman–Crippen MR) is 89.3 cm³/mol. The molecule has 1 unspecified atom stereocenters. The lowest BCUT2D eigenvalue weighted by Crippen LogP contribution is -2.57. The van der Waals surface area contributed by atoms with Crippen molar-refractivity contribution in [3.63, 3.8) is 0 Å². The Kier molecular flexibility index (Phi) is 3.07. The Labute approximate surface area is 132 Å². The fourth-order valence-electron chi connectivity index (χ4n) is 3.67. The molecule has 1 atom stereocenters. The van der Waals surface area contributed by atoms with Crippen molar-refractivity contribution >= 4 is 0 Å². The van der Waals surface area contributed by atoms with Gasteiger partial charge >= 0.3 is 0 Å². The lowest BCUT2D eigenvalue weighted by atomic mass is 9.53. The third-order valence-electron chi connectivity index (χ3n) is 6.02. The number of rotatable bonds is 1. The smallest absolute Gasteiger partial charge is 0.137 e. The van der Waals surface area contributed by atoms with Crippen LogP contribution in [0.1, 0.15) is 45.7 Å². The Balaban J connectivity index is 2.29. The monoisotopic (exact) mass is 296 g/mol. The third-order valence-corrected chi connectivity index (χ3v) is 6.02. The number of ether oxygens (including phenoxy) is 1. The molecular weight excluding hydrogens is 272 g/mol. The van der Waals surface area contributed by atoms with Gasteiger partial charge in [-0.1, -0.05) is 64.1 Å². The average Bonchev–Trinajstić information content (AvgIpc) is 2.46. The van der Waals surface area contributed by atoms with E-state index in [2.05, 4.69) is 46.8 Å². The number of benzene rings is 2. The molecule has 0 saturated carbocycles. The molecule has 2 heteroatoms. The van der Waals surface area contributed by atoms with Crippen LogP contribution in [0.3, 0.4) is 0 Å². The average molecular weight is 296 g/mol. The summed E-state index contributed by atoms with van der Waals surface area (Å²) in [6.07, 6.45) is 0. The first-order valence-electron chi connectivity index (χ1n) is 7.79. The molecule has 0 aromatic heterocycles. The van der Waals surface area contributed by atoms with Gasteiger partial charge in [-0.3, -0.25) is 0 Å². The van der Waals surface area contributed by atoms with Crippen LogP contribution in [0.2, 0.25) is 0 Å². The highest BCUT2D eigenvalue weighted by Gasteiger charge is 2.58. The molecule has 0 amide bonds. The SMILES string of the molecule is CC1(C)c2c(O)cccc2OC(C)(c2ccccc2)C1(C)C. The van der Waals surface area contributed by atoms with Crippen LogP contribution in [0.25, 0.3) is 0 Å². The second kappa shape index (κ2) is 4.52. The number of phenolic OH excluding ortho intramolecular Hbond substituents is 1. The summed E-state index contributed by atoms with van der Waals surface area (Å²) < 4.78 is 6.48. The van der Waals surface area contributed by atoms with Crippen LogP contribution in [0.5, 0.6) is 11.5 Å². The fourth-order valence-corrected chi connectivity index (χ4v) is 3.67. The summed E-state index contributed by atoms with van der Waals surface area (Å²) in [6, 6.07) is 15.9. The molecule has 0 fully saturated rings. The van der Waals surface area contributed by atoms with E-state index in [-0.39, 0.29) is 10.8 Å². The van der Waals surface area contributed by atoms with Gasteiger partial charge in [-0.2, -0.15) is 0 Å². The number of hydrogen-bond acceptors (Lipinski definition) is 2. The van der Waals surface area contributed by atoms with E-state index in [1.54, 1.807) is 6.07 Å². The minimum atomic E-state index is -0.474. The highest BCUT2D eigenvalue weighted by molar-refractivity contribution is 5.53. The summed E-state index contributed by atoms with van der Waals surface area (Å²) in [5, 5.41) is 10.4. The van der Waals surface area contributed by atoms with Gasteiger partial charge in [-0.05, 0) is 24.6 Å². The maximum absolute atomic E-state index is 10.4. The molecule has 116 valence electrons. The first-order valence-corrected chi connectivity index (χ1v) is 7.79. The summed E-state index contributed by atoms with van der Waals surface area (Å²) in [5.41, 5.74) is 1.12. The second-order valence-corrected chi connectivity index (χ2v) is 7.40. The highest BCUT2D eigenvalue weighted by atomic mass is 16.5. The molecule has 2 nitrogen and oxygen atoms in total. The quantitative estimate of drug-likeness (QED) is 0.802. The Morgan fingerprint density at radius 3 is 2.09 bits per heavy atom. The van der Waals surface area contributed by atoms with Crippen molar-refractivity contribution < 1.29 is 9.84 Å². The fraction of sp³-hybridized carbons (Fsp3) is 0.400. The van der Waals surface area contributed by atoms with E-state index in [9.17, 15) is 5.11 Å². The minimum absolute atomic E-state index is 0.215. The van der Waals surface area contributed by atoms with E-state index in [0.29, 0.717) is 5.75 Å². The van der Waals surface area contributed by atoms with Gasteiger partial charge in [0, 0.05) is 16.4 Å². The molecule has 22 heavy (non-hydrogen) atoms. The number of fused-ring (bicyclic) bond motifs is 1. The summed E-state index contributed by atoms with van der Waals surface area (Å²) in [4.78, 5) is 0. The van der Waals surface area contributed by atoms with Crippen LogP contribution in [0.15, 0.2) is 48.5 Å². The lowest BCUT2D eigenvalue weighted by molar-refractivity contribution is -0.0944. The van der Waals surface area contributed by atoms with Crippen molar-refractivity contribution in [2.75, 3.05) is 0 Å². The molecule has 0 radical (unpaired) electrons. The van der Waals surface area contributed by atoms with Gasteiger partial charge in [0.05, 0.1) is 0 Å². The molecule has 2 aromatic carbocycles. The molecular formula is C20H24O2. The van der Waals surface area contributed by atoms with E-state index in [1.165, 1.54) is 0 Å². The van der Waals surface area contributed by atoms with Crippen LogP contribution in [-0.4, -0.2) is 5.11 Å². The Morgan fingerprint density at radius 1 is 0.818 bits per heavy atom. The Hall–Kier alpha value is -1.96. The number of hydrogen-bond donors (Lipinski definition) is 1. The van der Waals surface area contributed by atoms with Gasteiger partial charge < -0.3 is 9.84 Å². The molecule has 1 aliphatic heterocycles. The largest absolute Gasteiger partial charge is 0.508 e. The van der Waals surface area contributed by atoms with E-state index in [0.717, 1.165) is 16.9 Å². The zero-order valence-electron chi connectivity index (χ0n) is 14.0. The first kappa shape index (κ1) is 15.0. The van der Waals surface area contributed by atoms with Gasteiger partial charge in [0.2, 0.25) is 0 Å². The first-order chi connectivity index (χ1) is 10.2. The highest BCUT2D eigenvalue weighted by Crippen LogP contribution is 2.61. The topological polar surface area (TPSA) is 29.5 Å². The molecule has 0 bridgehead atoms. The predicted octanol–water partition coefficient (Wildman–Crippen LogP) is 5.00. The molecule has 1 aliphatic rings.